The van der Waals surface area contributed by atoms with Crippen molar-refractivity contribution in [2.75, 3.05) is 27.4 Å². The van der Waals surface area contributed by atoms with E-state index in [0.29, 0.717) is 5.75 Å². The molecule has 126 valence electrons. The van der Waals surface area contributed by atoms with Crippen molar-refractivity contribution in [2.45, 2.75) is 19.8 Å². The smallest absolute Gasteiger partial charge is 0.305 e. The molecule has 23 heavy (non-hydrogen) atoms. The van der Waals surface area contributed by atoms with Gasteiger partial charge in [-0.3, -0.25) is 19.4 Å². The van der Waals surface area contributed by atoms with Crippen LogP contribution in [0.5, 0.6) is 5.75 Å². The van der Waals surface area contributed by atoms with Crippen molar-refractivity contribution in [1.82, 2.24) is 4.98 Å². The topological polar surface area (TPSA) is 91.8 Å². The average molecular weight is 323 g/mol. The number of ether oxygens (including phenoxy) is 3. The fraction of sp³-hybridized carbons (Fsp3) is 0.500. The van der Waals surface area contributed by atoms with Crippen LogP contribution >= 0.6 is 0 Å². The highest BCUT2D eigenvalue weighted by Crippen LogP contribution is 2.19. The molecule has 7 nitrogen and oxygen atoms in total. The molecule has 0 N–H and O–H groups in total. The fourth-order valence-corrected chi connectivity index (χ4v) is 2.04. The molecular weight excluding hydrogens is 302 g/mol. The minimum absolute atomic E-state index is 0.0168. The van der Waals surface area contributed by atoms with Gasteiger partial charge in [0.05, 0.1) is 25.8 Å². The molecule has 0 bridgehead atoms. The lowest BCUT2D eigenvalue weighted by molar-refractivity contribution is -0.143. The van der Waals surface area contributed by atoms with Crippen molar-refractivity contribution in [2.24, 2.45) is 5.92 Å². The highest BCUT2D eigenvalue weighted by molar-refractivity contribution is 6.11. The van der Waals surface area contributed by atoms with Gasteiger partial charge in [-0.05, 0) is 19.4 Å². The van der Waals surface area contributed by atoms with Gasteiger partial charge in [0.25, 0.3) is 0 Å². The molecule has 0 aliphatic carbocycles. The van der Waals surface area contributed by atoms with Crippen LogP contribution < -0.4 is 4.74 Å². The molecule has 0 aromatic carbocycles. The van der Waals surface area contributed by atoms with E-state index in [-0.39, 0.29) is 37.4 Å². The predicted molar refractivity (Wildman–Crippen MR) is 81.4 cm³/mol. The Morgan fingerprint density at radius 2 is 1.96 bits per heavy atom. The molecule has 1 atom stereocenters. The maximum absolute atomic E-state index is 12.6. The lowest BCUT2D eigenvalue weighted by atomic mass is 9.90. The van der Waals surface area contributed by atoms with Crippen LogP contribution in [0.25, 0.3) is 0 Å². The number of Topliss-reactive ketones (excluding diaryl/α,β-unsaturated/α-hetero) is 2. The summed E-state index contributed by atoms with van der Waals surface area (Å²) in [6, 6.07) is 1.51. The Morgan fingerprint density at radius 1 is 1.22 bits per heavy atom. The molecular formula is C16H21NO6. The summed E-state index contributed by atoms with van der Waals surface area (Å²) in [7, 11) is 2.83. The lowest BCUT2D eigenvalue weighted by Crippen LogP contribution is -2.28. The van der Waals surface area contributed by atoms with E-state index in [9.17, 15) is 14.4 Å². The van der Waals surface area contributed by atoms with E-state index in [1.807, 2.05) is 0 Å². The van der Waals surface area contributed by atoms with Gasteiger partial charge in [-0.1, -0.05) is 0 Å². The highest BCUT2D eigenvalue weighted by atomic mass is 16.5. The van der Waals surface area contributed by atoms with E-state index in [1.165, 1.54) is 32.7 Å². The maximum Gasteiger partial charge on any atom is 0.305 e. The third kappa shape index (κ3) is 5.78. The van der Waals surface area contributed by atoms with Crippen LogP contribution in [-0.4, -0.2) is 50.0 Å². The molecule has 1 aromatic rings. The fourth-order valence-electron chi connectivity index (χ4n) is 2.04. The van der Waals surface area contributed by atoms with E-state index in [1.54, 1.807) is 6.92 Å². The molecule has 0 aliphatic rings. The summed E-state index contributed by atoms with van der Waals surface area (Å²) < 4.78 is 14.7. The number of hydrogen-bond acceptors (Lipinski definition) is 7. The van der Waals surface area contributed by atoms with Crippen LogP contribution in [0.4, 0.5) is 0 Å². The van der Waals surface area contributed by atoms with E-state index in [4.69, 9.17) is 14.2 Å². The summed E-state index contributed by atoms with van der Waals surface area (Å²) in [6.07, 6.45) is 2.87. The number of pyridine rings is 1. The SMILES string of the molecule is CCOC(=O)CCC(C(=O)COC)C(=O)c1cncc(OC)c1. The third-order valence-corrected chi connectivity index (χ3v) is 3.17. The van der Waals surface area contributed by atoms with Crippen molar-refractivity contribution < 1.29 is 28.6 Å². The van der Waals surface area contributed by atoms with Crippen molar-refractivity contribution in [3.63, 3.8) is 0 Å². The van der Waals surface area contributed by atoms with Crippen LogP contribution in [0.15, 0.2) is 18.5 Å². The van der Waals surface area contributed by atoms with Gasteiger partial charge in [0.2, 0.25) is 0 Å². The number of rotatable bonds is 10. The van der Waals surface area contributed by atoms with Gasteiger partial charge < -0.3 is 14.2 Å². The molecule has 0 amide bonds. The number of carbonyl (C=O) groups is 3. The Balaban J connectivity index is 2.91. The first-order valence-electron chi connectivity index (χ1n) is 7.24. The van der Waals surface area contributed by atoms with Crippen LogP contribution in [0.1, 0.15) is 30.1 Å². The maximum atomic E-state index is 12.6. The molecule has 7 heteroatoms. The van der Waals surface area contributed by atoms with Gasteiger partial charge >= 0.3 is 5.97 Å². The van der Waals surface area contributed by atoms with Crippen LogP contribution in [0, 0.1) is 5.92 Å². The number of aromatic nitrogens is 1. The molecule has 0 fully saturated rings. The summed E-state index contributed by atoms with van der Waals surface area (Å²) in [5.74, 6) is -1.81. The second-order valence-corrected chi connectivity index (χ2v) is 4.77. The first-order chi connectivity index (χ1) is 11.0. The highest BCUT2D eigenvalue weighted by Gasteiger charge is 2.28. The van der Waals surface area contributed by atoms with Crippen molar-refractivity contribution in [3.8, 4) is 5.75 Å². The van der Waals surface area contributed by atoms with Gasteiger partial charge in [0.1, 0.15) is 12.4 Å². The normalized spacial score (nSPS) is 11.6. The first kappa shape index (κ1) is 18.8. The van der Waals surface area contributed by atoms with Crippen LogP contribution in [0.3, 0.4) is 0 Å². The molecule has 0 aliphatic heterocycles. The van der Waals surface area contributed by atoms with Gasteiger partial charge in [0, 0.05) is 25.3 Å². The standard InChI is InChI=1S/C16H21NO6/c1-4-23-15(19)6-5-13(14(18)10-21-2)16(20)11-7-12(22-3)9-17-8-11/h7-9,13H,4-6,10H2,1-3H3. The molecule has 1 rings (SSSR count). The first-order valence-corrected chi connectivity index (χ1v) is 7.24. The summed E-state index contributed by atoms with van der Waals surface area (Å²) in [5.41, 5.74) is 0.252. The predicted octanol–water partition coefficient (Wildman–Crippen LogP) is 1.45. The molecule has 0 spiro atoms. The van der Waals surface area contributed by atoms with E-state index in [0.717, 1.165) is 0 Å². The third-order valence-electron chi connectivity index (χ3n) is 3.17. The average Bonchev–Trinajstić information content (AvgIpc) is 2.55. The second kappa shape index (κ2) is 9.68. The number of ketones is 2. The summed E-state index contributed by atoms with van der Waals surface area (Å²) in [6.45, 7) is 1.75. The zero-order chi connectivity index (χ0) is 17.2. The zero-order valence-electron chi connectivity index (χ0n) is 13.5. The Morgan fingerprint density at radius 3 is 2.57 bits per heavy atom. The van der Waals surface area contributed by atoms with Gasteiger partial charge in [-0.25, -0.2) is 0 Å². The summed E-state index contributed by atoms with van der Waals surface area (Å²) in [4.78, 5) is 40.1. The molecule has 1 aromatic heterocycles. The second-order valence-electron chi connectivity index (χ2n) is 4.77. The van der Waals surface area contributed by atoms with Gasteiger partial charge in [-0.15, -0.1) is 0 Å². The zero-order valence-corrected chi connectivity index (χ0v) is 13.5. The molecule has 0 saturated carbocycles. The minimum atomic E-state index is -0.978. The van der Waals surface area contributed by atoms with Crippen LogP contribution in [-0.2, 0) is 19.1 Å². The molecule has 0 radical (unpaired) electrons. The summed E-state index contributed by atoms with van der Waals surface area (Å²) in [5, 5.41) is 0. The van der Waals surface area contributed by atoms with Crippen molar-refractivity contribution in [1.29, 1.82) is 0 Å². The number of esters is 1. The largest absolute Gasteiger partial charge is 0.495 e. The Kier molecular flexibility index (Phi) is 7.90. The van der Waals surface area contributed by atoms with Gasteiger partial charge in [-0.2, -0.15) is 0 Å². The number of hydrogen-bond donors (Lipinski definition) is 0. The molecule has 1 heterocycles. The van der Waals surface area contributed by atoms with Gasteiger partial charge in [0.15, 0.2) is 11.6 Å². The number of nitrogens with zero attached hydrogens (tertiary/aromatic N) is 1. The Hall–Kier alpha value is -2.28. The number of methoxy groups -OCH3 is 2. The quantitative estimate of drug-likeness (QED) is 0.365. The van der Waals surface area contributed by atoms with Crippen LogP contribution in [0.2, 0.25) is 0 Å². The molecule has 0 saturated heterocycles. The Bertz CT molecular complexity index is 557. The molecule has 1 unspecified atom stereocenters. The van der Waals surface area contributed by atoms with Crippen molar-refractivity contribution >= 4 is 17.5 Å². The summed E-state index contributed by atoms with van der Waals surface area (Å²) >= 11 is 0. The minimum Gasteiger partial charge on any atom is -0.495 e. The van der Waals surface area contributed by atoms with E-state index < -0.39 is 17.7 Å². The lowest BCUT2D eigenvalue weighted by Gasteiger charge is -2.14. The van der Waals surface area contributed by atoms with E-state index >= 15 is 0 Å². The number of carbonyl (C=O) groups excluding carboxylic acids is 3. The van der Waals surface area contributed by atoms with Crippen molar-refractivity contribution in [3.05, 3.63) is 24.0 Å². The monoisotopic (exact) mass is 323 g/mol. The Labute approximate surface area is 134 Å². The van der Waals surface area contributed by atoms with E-state index in [2.05, 4.69) is 4.98 Å².